The predicted octanol–water partition coefficient (Wildman–Crippen LogP) is 5.08. The zero-order valence-electron chi connectivity index (χ0n) is 13.2. The van der Waals surface area contributed by atoms with Crippen LogP contribution < -0.4 is 0 Å². The summed E-state index contributed by atoms with van der Waals surface area (Å²) in [5, 5.41) is 3.14. The van der Waals surface area contributed by atoms with Crippen LogP contribution in [0.2, 0.25) is 0 Å². The molecule has 0 radical (unpaired) electrons. The molecule has 3 heteroatoms. The van der Waals surface area contributed by atoms with Crippen molar-refractivity contribution < 1.29 is 4.39 Å². The Balaban J connectivity index is 2.09. The van der Waals surface area contributed by atoms with E-state index >= 15 is 0 Å². The van der Waals surface area contributed by atoms with Crippen LogP contribution in [0.15, 0.2) is 48.8 Å². The van der Waals surface area contributed by atoms with Crippen LogP contribution in [0.5, 0.6) is 0 Å². The first-order chi connectivity index (χ1) is 11.1. The number of hydrogen-bond acceptors (Lipinski definition) is 1. The molecule has 0 saturated heterocycles. The van der Waals surface area contributed by atoms with Crippen molar-refractivity contribution in [1.29, 1.82) is 0 Å². The van der Waals surface area contributed by atoms with Gasteiger partial charge in [-0.05, 0) is 46.9 Å². The van der Waals surface area contributed by atoms with Crippen LogP contribution in [0.25, 0.3) is 27.3 Å². The van der Waals surface area contributed by atoms with Gasteiger partial charge < -0.3 is 0 Å². The Hall–Kier alpha value is -2.42. The second kappa shape index (κ2) is 4.10. The number of pyridine rings is 1. The Morgan fingerprint density at radius 1 is 1.22 bits per heavy atom. The number of aromatic nitrogens is 2. The molecule has 2 atom stereocenters. The van der Waals surface area contributed by atoms with Gasteiger partial charge >= 0.3 is 0 Å². The Labute approximate surface area is 133 Å². The summed E-state index contributed by atoms with van der Waals surface area (Å²) in [4.78, 5) is 4.59. The van der Waals surface area contributed by atoms with Crippen molar-refractivity contribution in [3.8, 4) is 0 Å². The molecule has 0 spiro atoms. The highest BCUT2D eigenvalue weighted by molar-refractivity contribution is 6.13. The van der Waals surface area contributed by atoms with Gasteiger partial charge in [0.05, 0.1) is 5.52 Å². The van der Waals surface area contributed by atoms with Gasteiger partial charge in [-0.3, -0.25) is 4.40 Å². The molecule has 2 heterocycles. The van der Waals surface area contributed by atoms with Crippen molar-refractivity contribution in [3.05, 3.63) is 60.2 Å². The van der Waals surface area contributed by atoms with Crippen LogP contribution in [-0.4, -0.2) is 9.38 Å². The predicted molar refractivity (Wildman–Crippen MR) is 91.3 cm³/mol. The molecule has 1 fully saturated rings. The van der Waals surface area contributed by atoms with E-state index in [1.54, 1.807) is 12.1 Å². The van der Waals surface area contributed by atoms with E-state index in [1.807, 2.05) is 24.5 Å². The van der Waals surface area contributed by atoms with E-state index in [2.05, 4.69) is 35.4 Å². The maximum atomic E-state index is 14.4. The monoisotopic (exact) mass is 304 g/mol. The number of rotatable bonds is 1. The van der Waals surface area contributed by atoms with Gasteiger partial charge in [0.2, 0.25) is 0 Å². The standard InChI is InChI=1S/C20H17FN2/c1-12-11-20(12,2)16-10-13(21)9-15-14-5-3-4-6-17(14)23-8-7-22-19(23)18(15)16/h3-10,12H,11H2,1-2H3/t12-,20?/m0/s1. The summed E-state index contributed by atoms with van der Waals surface area (Å²) in [5.41, 5.74) is 3.14. The average molecular weight is 304 g/mol. The second-order valence-corrected chi connectivity index (χ2v) is 7.04. The lowest BCUT2D eigenvalue weighted by molar-refractivity contribution is 0.619. The van der Waals surface area contributed by atoms with E-state index in [4.69, 9.17) is 0 Å². The van der Waals surface area contributed by atoms with Crippen molar-refractivity contribution in [2.75, 3.05) is 0 Å². The van der Waals surface area contributed by atoms with Gasteiger partial charge in [-0.2, -0.15) is 0 Å². The van der Waals surface area contributed by atoms with E-state index in [0.717, 1.165) is 39.3 Å². The normalized spacial score (nSPS) is 23.9. The number of nitrogens with zero attached hydrogens (tertiary/aromatic N) is 2. The number of fused-ring (bicyclic) bond motifs is 6. The molecular formula is C20H17FN2. The number of halogens is 1. The van der Waals surface area contributed by atoms with Gasteiger partial charge in [-0.1, -0.05) is 32.0 Å². The minimum atomic E-state index is -0.158. The van der Waals surface area contributed by atoms with Crippen molar-refractivity contribution in [2.24, 2.45) is 5.92 Å². The lowest BCUT2D eigenvalue weighted by Crippen LogP contribution is -2.06. The zero-order chi connectivity index (χ0) is 15.8. The molecule has 2 nitrogen and oxygen atoms in total. The lowest BCUT2D eigenvalue weighted by Gasteiger charge is -2.17. The molecule has 0 amide bonds. The largest absolute Gasteiger partial charge is 0.299 e. The fourth-order valence-corrected chi connectivity index (χ4v) is 4.06. The molecule has 114 valence electrons. The molecule has 1 aliphatic carbocycles. The quantitative estimate of drug-likeness (QED) is 0.448. The van der Waals surface area contributed by atoms with Crippen molar-refractivity contribution in [1.82, 2.24) is 9.38 Å². The third-order valence-electron chi connectivity index (χ3n) is 5.69. The third kappa shape index (κ3) is 1.60. The minimum Gasteiger partial charge on any atom is -0.299 e. The molecule has 0 N–H and O–H groups in total. The fraction of sp³-hybridized carbons (Fsp3) is 0.250. The molecule has 0 aliphatic heterocycles. The maximum absolute atomic E-state index is 14.4. The summed E-state index contributed by atoms with van der Waals surface area (Å²) in [5.74, 6) is 0.419. The van der Waals surface area contributed by atoms with Gasteiger partial charge in [-0.25, -0.2) is 9.37 Å². The molecule has 2 aromatic carbocycles. The Morgan fingerprint density at radius 3 is 2.78 bits per heavy atom. The Kier molecular flexibility index (Phi) is 2.33. The summed E-state index contributed by atoms with van der Waals surface area (Å²) in [6.45, 7) is 4.47. The highest BCUT2D eigenvalue weighted by atomic mass is 19.1. The average Bonchev–Trinajstić information content (AvgIpc) is 2.97. The van der Waals surface area contributed by atoms with Crippen LogP contribution in [0.1, 0.15) is 25.8 Å². The molecule has 4 aromatic rings. The first-order valence-corrected chi connectivity index (χ1v) is 8.07. The van der Waals surface area contributed by atoms with Crippen LogP contribution in [0.4, 0.5) is 4.39 Å². The van der Waals surface area contributed by atoms with Gasteiger partial charge in [0.15, 0.2) is 0 Å². The summed E-state index contributed by atoms with van der Waals surface area (Å²) in [6.07, 6.45) is 4.92. The smallest absolute Gasteiger partial charge is 0.145 e. The van der Waals surface area contributed by atoms with Gasteiger partial charge in [0.25, 0.3) is 0 Å². The molecule has 1 saturated carbocycles. The maximum Gasteiger partial charge on any atom is 0.145 e. The zero-order valence-corrected chi connectivity index (χ0v) is 13.2. The van der Waals surface area contributed by atoms with E-state index < -0.39 is 0 Å². The molecule has 23 heavy (non-hydrogen) atoms. The fourth-order valence-electron chi connectivity index (χ4n) is 4.06. The number of hydrogen-bond donors (Lipinski definition) is 0. The highest BCUT2D eigenvalue weighted by Gasteiger charge is 2.49. The molecule has 0 bridgehead atoms. The Bertz CT molecular complexity index is 1100. The number of imidazole rings is 1. The molecule has 1 unspecified atom stereocenters. The number of benzene rings is 2. The summed E-state index contributed by atoms with van der Waals surface area (Å²) in [6, 6.07) is 11.5. The van der Waals surface area contributed by atoms with Crippen LogP contribution in [0.3, 0.4) is 0 Å². The number of para-hydroxylation sites is 1. The molecular weight excluding hydrogens is 287 g/mol. The summed E-state index contributed by atoms with van der Waals surface area (Å²) >= 11 is 0. The highest BCUT2D eigenvalue weighted by Crippen LogP contribution is 2.56. The van der Waals surface area contributed by atoms with Crippen LogP contribution in [-0.2, 0) is 5.41 Å². The summed E-state index contributed by atoms with van der Waals surface area (Å²) < 4.78 is 16.5. The second-order valence-electron chi connectivity index (χ2n) is 7.04. The van der Waals surface area contributed by atoms with E-state index in [9.17, 15) is 4.39 Å². The van der Waals surface area contributed by atoms with Crippen LogP contribution in [0, 0.1) is 11.7 Å². The topological polar surface area (TPSA) is 17.3 Å². The molecule has 5 rings (SSSR count). The first-order valence-electron chi connectivity index (χ1n) is 8.07. The van der Waals surface area contributed by atoms with Gasteiger partial charge in [0.1, 0.15) is 11.5 Å². The summed E-state index contributed by atoms with van der Waals surface area (Å²) in [7, 11) is 0. The first kappa shape index (κ1) is 13.1. The third-order valence-corrected chi connectivity index (χ3v) is 5.69. The lowest BCUT2D eigenvalue weighted by atomic mass is 9.90. The van der Waals surface area contributed by atoms with E-state index in [1.165, 1.54) is 0 Å². The Morgan fingerprint density at radius 2 is 2.00 bits per heavy atom. The van der Waals surface area contributed by atoms with Crippen LogP contribution >= 0.6 is 0 Å². The van der Waals surface area contributed by atoms with Gasteiger partial charge in [-0.15, -0.1) is 0 Å². The van der Waals surface area contributed by atoms with Crippen molar-refractivity contribution in [3.63, 3.8) is 0 Å². The van der Waals surface area contributed by atoms with Crippen molar-refractivity contribution in [2.45, 2.75) is 25.7 Å². The molecule has 1 aliphatic rings. The molecule has 2 aromatic heterocycles. The van der Waals surface area contributed by atoms with E-state index in [-0.39, 0.29) is 11.2 Å². The van der Waals surface area contributed by atoms with Gasteiger partial charge in [0, 0.05) is 23.2 Å². The van der Waals surface area contributed by atoms with Crippen molar-refractivity contribution >= 4 is 27.3 Å². The SMILES string of the molecule is C[C@H]1CC1(C)c1cc(F)cc2c3ccccc3n3ccnc3c12. The minimum absolute atomic E-state index is 0.0508. The van der Waals surface area contributed by atoms with E-state index in [0.29, 0.717) is 5.92 Å².